The molecule has 0 unspecified atom stereocenters. The van der Waals surface area contributed by atoms with Gasteiger partial charge in [0.15, 0.2) is 11.6 Å². The number of halogens is 2. The molecule has 3 aromatic rings. The molecule has 148 valence electrons. The molecule has 0 radical (unpaired) electrons. The van der Waals surface area contributed by atoms with Crippen molar-refractivity contribution < 1.29 is 13.6 Å². The highest BCUT2D eigenvalue weighted by atomic mass is 19.2. The molecule has 0 fully saturated rings. The third-order valence-corrected chi connectivity index (χ3v) is 4.99. The first-order valence-electron chi connectivity index (χ1n) is 9.33. The van der Waals surface area contributed by atoms with Gasteiger partial charge in [-0.3, -0.25) is 4.79 Å². The molecule has 3 rings (SSSR count). The number of carbonyl (C=O) groups is 1. The lowest BCUT2D eigenvalue weighted by Gasteiger charge is -2.13. The molecule has 2 N–H and O–H groups in total. The first-order chi connectivity index (χ1) is 13.9. The lowest BCUT2D eigenvalue weighted by atomic mass is 9.97. The fraction of sp³-hybridized carbons (Fsp3) is 0.217. The molecule has 0 atom stereocenters. The topological polar surface area (TPSA) is 71.8 Å². The van der Waals surface area contributed by atoms with Gasteiger partial charge in [0, 0.05) is 23.5 Å². The minimum atomic E-state index is -0.910. The van der Waals surface area contributed by atoms with E-state index in [-0.39, 0.29) is 6.54 Å². The van der Waals surface area contributed by atoms with Gasteiger partial charge in [-0.05, 0) is 48.7 Å². The molecular formula is C23H21F2N3O. The minimum Gasteiger partial charge on any atom is -0.366 e. The molecule has 0 bridgehead atoms. The van der Waals surface area contributed by atoms with E-state index < -0.39 is 17.5 Å². The summed E-state index contributed by atoms with van der Waals surface area (Å²) >= 11 is 0. The van der Waals surface area contributed by atoms with Crippen molar-refractivity contribution in [2.75, 3.05) is 0 Å². The van der Waals surface area contributed by atoms with Crippen LogP contribution in [0.25, 0.3) is 11.1 Å². The van der Waals surface area contributed by atoms with Crippen molar-refractivity contribution in [3.8, 4) is 17.2 Å². The van der Waals surface area contributed by atoms with Gasteiger partial charge in [0.2, 0.25) is 0 Å². The van der Waals surface area contributed by atoms with E-state index in [1.54, 1.807) is 31.2 Å². The number of hydrogen-bond acceptors (Lipinski definition) is 2. The maximum Gasteiger partial charge on any atom is 0.251 e. The Morgan fingerprint density at radius 2 is 1.83 bits per heavy atom. The van der Waals surface area contributed by atoms with E-state index in [9.17, 15) is 13.6 Å². The molecule has 0 spiro atoms. The molecule has 1 heterocycles. The van der Waals surface area contributed by atoms with Crippen molar-refractivity contribution in [3.05, 3.63) is 82.2 Å². The van der Waals surface area contributed by atoms with E-state index in [0.29, 0.717) is 28.8 Å². The molecule has 1 aromatic heterocycles. The second kappa shape index (κ2) is 8.27. The highest BCUT2D eigenvalue weighted by Gasteiger charge is 2.24. The van der Waals surface area contributed by atoms with Crippen LogP contribution >= 0.6 is 0 Å². The van der Waals surface area contributed by atoms with Crippen LogP contribution in [0.15, 0.2) is 42.5 Å². The van der Waals surface area contributed by atoms with E-state index >= 15 is 0 Å². The van der Waals surface area contributed by atoms with Gasteiger partial charge in [-0.25, -0.2) is 8.78 Å². The number of amides is 1. The molecule has 1 amide bonds. The van der Waals surface area contributed by atoms with Crippen molar-refractivity contribution >= 4 is 5.91 Å². The Kier molecular flexibility index (Phi) is 5.79. The molecule has 0 saturated heterocycles. The largest absolute Gasteiger partial charge is 0.366 e. The lowest BCUT2D eigenvalue weighted by molar-refractivity contribution is 0.1000. The highest BCUT2D eigenvalue weighted by Crippen LogP contribution is 2.34. The van der Waals surface area contributed by atoms with E-state index in [4.69, 9.17) is 11.0 Å². The van der Waals surface area contributed by atoms with Gasteiger partial charge in [0.25, 0.3) is 5.91 Å². The minimum absolute atomic E-state index is 0.287. The third-order valence-electron chi connectivity index (χ3n) is 4.99. The number of hydrogen-bond donors (Lipinski definition) is 1. The lowest BCUT2D eigenvalue weighted by Crippen LogP contribution is -2.13. The van der Waals surface area contributed by atoms with Crippen LogP contribution in [0.2, 0.25) is 0 Å². The standard InChI is InChI=1S/C23H21F2N3O/c1-3-4-20-22(17-8-5-15(12-26)6-9-17)21(23(27)29)14(2)28(20)13-16-7-10-18(24)19(25)11-16/h5-11H,3-4,13H2,1-2H3,(H2,27,29). The van der Waals surface area contributed by atoms with E-state index in [2.05, 4.69) is 6.07 Å². The van der Waals surface area contributed by atoms with E-state index in [1.165, 1.54) is 6.07 Å². The molecule has 0 aliphatic rings. The molecule has 29 heavy (non-hydrogen) atoms. The summed E-state index contributed by atoms with van der Waals surface area (Å²) in [5, 5.41) is 9.05. The quantitative estimate of drug-likeness (QED) is 0.659. The maximum absolute atomic E-state index is 13.7. The fourth-order valence-corrected chi connectivity index (χ4v) is 3.65. The average Bonchev–Trinajstić information content (AvgIpc) is 2.97. The molecule has 0 saturated carbocycles. The van der Waals surface area contributed by atoms with Crippen molar-refractivity contribution in [1.82, 2.24) is 4.57 Å². The molecule has 0 aliphatic carbocycles. The van der Waals surface area contributed by atoms with Crippen LogP contribution in [-0.2, 0) is 13.0 Å². The average molecular weight is 393 g/mol. The highest BCUT2D eigenvalue weighted by molar-refractivity contribution is 6.02. The third kappa shape index (κ3) is 3.90. The summed E-state index contributed by atoms with van der Waals surface area (Å²) in [6.07, 6.45) is 1.50. The Hall–Kier alpha value is -3.46. The van der Waals surface area contributed by atoms with Crippen LogP contribution < -0.4 is 5.73 Å². The normalized spacial score (nSPS) is 10.7. The Bertz CT molecular complexity index is 1110. The van der Waals surface area contributed by atoms with Gasteiger partial charge in [-0.15, -0.1) is 0 Å². The van der Waals surface area contributed by atoms with E-state index in [0.717, 1.165) is 35.4 Å². The number of primary amides is 1. The predicted molar refractivity (Wildman–Crippen MR) is 107 cm³/mol. The molecule has 0 aliphatic heterocycles. The van der Waals surface area contributed by atoms with Gasteiger partial charge in [0.05, 0.1) is 17.2 Å². The zero-order valence-corrected chi connectivity index (χ0v) is 16.3. The summed E-state index contributed by atoms with van der Waals surface area (Å²) < 4.78 is 28.9. The number of rotatable bonds is 6. The summed E-state index contributed by atoms with van der Waals surface area (Å²) in [5.41, 5.74) is 10.3. The van der Waals surface area contributed by atoms with Gasteiger partial charge < -0.3 is 10.3 Å². The second-order valence-corrected chi connectivity index (χ2v) is 6.92. The van der Waals surface area contributed by atoms with Crippen LogP contribution in [-0.4, -0.2) is 10.5 Å². The number of aromatic nitrogens is 1. The Morgan fingerprint density at radius 3 is 2.38 bits per heavy atom. The maximum atomic E-state index is 13.7. The number of carbonyl (C=O) groups excluding carboxylic acids is 1. The number of nitrogens with zero attached hydrogens (tertiary/aromatic N) is 2. The summed E-state index contributed by atoms with van der Waals surface area (Å²) in [6, 6.07) is 12.8. The first kappa shape index (κ1) is 20.3. The zero-order valence-electron chi connectivity index (χ0n) is 16.3. The van der Waals surface area contributed by atoms with E-state index in [1.807, 2.05) is 11.5 Å². The van der Waals surface area contributed by atoms with Crippen LogP contribution in [0.3, 0.4) is 0 Å². The van der Waals surface area contributed by atoms with Gasteiger partial charge in [-0.1, -0.05) is 31.5 Å². The molecule has 4 nitrogen and oxygen atoms in total. The molecule has 2 aromatic carbocycles. The molecular weight excluding hydrogens is 372 g/mol. The number of nitrogens with two attached hydrogens (primary N) is 1. The Morgan fingerprint density at radius 1 is 1.14 bits per heavy atom. The van der Waals surface area contributed by atoms with Crippen LogP contribution in [0.5, 0.6) is 0 Å². The van der Waals surface area contributed by atoms with Crippen molar-refractivity contribution in [2.24, 2.45) is 5.73 Å². The summed E-state index contributed by atoms with van der Waals surface area (Å²) in [4.78, 5) is 12.3. The summed E-state index contributed by atoms with van der Waals surface area (Å²) in [6.45, 7) is 4.11. The second-order valence-electron chi connectivity index (χ2n) is 6.92. The monoisotopic (exact) mass is 393 g/mol. The smallest absolute Gasteiger partial charge is 0.251 e. The van der Waals surface area contributed by atoms with Crippen molar-refractivity contribution in [2.45, 2.75) is 33.2 Å². The van der Waals surface area contributed by atoms with Crippen molar-refractivity contribution in [1.29, 1.82) is 5.26 Å². The predicted octanol–water partition coefficient (Wildman–Crippen LogP) is 4.71. The fourth-order valence-electron chi connectivity index (χ4n) is 3.65. The zero-order chi connectivity index (χ0) is 21.1. The van der Waals surface area contributed by atoms with Gasteiger partial charge in [0.1, 0.15) is 0 Å². The SMILES string of the molecule is CCCc1c(-c2ccc(C#N)cc2)c(C(N)=O)c(C)n1Cc1ccc(F)c(F)c1. The van der Waals surface area contributed by atoms with Crippen LogP contribution in [0, 0.1) is 29.9 Å². The summed E-state index contributed by atoms with van der Waals surface area (Å²) in [7, 11) is 0. The van der Waals surface area contributed by atoms with Gasteiger partial charge in [-0.2, -0.15) is 5.26 Å². The number of benzene rings is 2. The Balaban J connectivity index is 2.21. The number of nitriles is 1. The van der Waals surface area contributed by atoms with Crippen molar-refractivity contribution in [3.63, 3.8) is 0 Å². The van der Waals surface area contributed by atoms with Crippen LogP contribution in [0.4, 0.5) is 8.78 Å². The first-order valence-corrected chi connectivity index (χ1v) is 9.33. The summed E-state index contributed by atoms with van der Waals surface area (Å²) in [5.74, 6) is -2.36. The van der Waals surface area contributed by atoms with Crippen LogP contribution in [0.1, 0.15) is 46.2 Å². The van der Waals surface area contributed by atoms with Gasteiger partial charge >= 0.3 is 0 Å². The molecule has 6 heteroatoms. The Labute approximate surface area is 168 Å².